The lowest BCUT2D eigenvalue weighted by Gasteiger charge is -2.21. The van der Waals surface area contributed by atoms with Crippen molar-refractivity contribution in [3.8, 4) is 0 Å². The van der Waals surface area contributed by atoms with Crippen molar-refractivity contribution < 1.29 is 4.79 Å². The molecule has 0 fully saturated rings. The lowest BCUT2D eigenvalue weighted by molar-refractivity contribution is 0.243. The third kappa shape index (κ3) is 3.56. The Bertz CT molecular complexity index is 861. The summed E-state index contributed by atoms with van der Waals surface area (Å²) in [6, 6.07) is 12.6. The number of benzene rings is 1. The van der Waals surface area contributed by atoms with Crippen LogP contribution < -0.4 is 10.6 Å². The van der Waals surface area contributed by atoms with Gasteiger partial charge in [0.1, 0.15) is 0 Å². The lowest BCUT2D eigenvalue weighted by Crippen LogP contribution is -2.36. The molecule has 3 aromatic rings. The monoisotopic (exact) mass is 387 g/mol. The highest BCUT2D eigenvalue weighted by Gasteiger charge is 2.23. The highest BCUT2D eigenvalue weighted by molar-refractivity contribution is 9.10. The maximum Gasteiger partial charge on any atom is 0.319 e. The van der Waals surface area contributed by atoms with Gasteiger partial charge in [0.05, 0.1) is 6.04 Å². The van der Waals surface area contributed by atoms with E-state index in [0.29, 0.717) is 5.82 Å². The average molecular weight is 388 g/mol. The van der Waals surface area contributed by atoms with Gasteiger partial charge in [-0.2, -0.15) is 0 Å². The molecule has 0 aliphatic carbocycles. The van der Waals surface area contributed by atoms with Gasteiger partial charge >= 0.3 is 6.03 Å². The Balaban J connectivity index is 1.80. The molecule has 2 heterocycles. The zero-order valence-corrected chi connectivity index (χ0v) is 15.0. The van der Waals surface area contributed by atoms with Gasteiger partial charge in [-0.05, 0) is 36.2 Å². The molecule has 0 aliphatic heterocycles. The number of carbonyl (C=O) groups excluding carboxylic acids is 1. The van der Waals surface area contributed by atoms with Crippen LogP contribution in [0.25, 0.3) is 5.65 Å². The molecule has 24 heavy (non-hydrogen) atoms. The molecular formula is C17H18BrN5O. The molecule has 1 atom stereocenters. The van der Waals surface area contributed by atoms with Crippen molar-refractivity contribution in [3.63, 3.8) is 0 Å². The number of hydrogen-bond acceptors (Lipinski definition) is 3. The second-order valence-electron chi connectivity index (χ2n) is 5.82. The van der Waals surface area contributed by atoms with Gasteiger partial charge in [-0.25, -0.2) is 4.79 Å². The van der Waals surface area contributed by atoms with Gasteiger partial charge in [0.15, 0.2) is 11.5 Å². The molecule has 2 aromatic heterocycles. The molecule has 0 bridgehead atoms. The van der Waals surface area contributed by atoms with E-state index in [1.54, 1.807) is 0 Å². The normalized spacial score (nSPS) is 12.3. The van der Waals surface area contributed by atoms with Crippen molar-refractivity contribution in [2.45, 2.75) is 19.9 Å². The number of halogens is 1. The fourth-order valence-corrected chi connectivity index (χ4v) is 2.88. The van der Waals surface area contributed by atoms with Crippen LogP contribution in [-0.4, -0.2) is 20.6 Å². The number of amides is 2. The Labute approximate surface area is 148 Å². The highest BCUT2D eigenvalue weighted by Crippen LogP contribution is 2.21. The summed E-state index contributed by atoms with van der Waals surface area (Å²) >= 11 is 3.39. The molecule has 0 radical (unpaired) electrons. The van der Waals surface area contributed by atoms with E-state index in [9.17, 15) is 4.79 Å². The Kier molecular flexibility index (Phi) is 4.80. The first-order valence-corrected chi connectivity index (χ1v) is 8.46. The SMILES string of the molecule is CC(C)[C@H](NC(=O)Nc1cccc(Br)c1)c1nnc2ccccn12. The molecule has 1 aromatic carbocycles. The second kappa shape index (κ2) is 7.00. The fourth-order valence-electron chi connectivity index (χ4n) is 2.48. The predicted octanol–water partition coefficient (Wildman–Crippen LogP) is 4.01. The van der Waals surface area contributed by atoms with Crippen molar-refractivity contribution in [1.29, 1.82) is 0 Å². The van der Waals surface area contributed by atoms with E-state index in [0.717, 1.165) is 15.8 Å². The van der Waals surface area contributed by atoms with Crippen molar-refractivity contribution in [2.24, 2.45) is 5.92 Å². The smallest absolute Gasteiger partial charge is 0.319 e. The summed E-state index contributed by atoms with van der Waals surface area (Å²) in [4.78, 5) is 12.4. The Hall–Kier alpha value is -2.41. The minimum atomic E-state index is -0.278. The van der Waals surface area contributed by atoms with E-state index in [4.69, 9.17) is 0 Å². The fraction of sp³-hybridized carbons (Fsp3) is 0.235. The van der Waals surface area contributed by atoms with E-state index < -0.39 is 0 Å². The van der Waals surface area contributed by atoms with Crippen LogP contribution in [-0.2, 0) is 0 Å². The molecule has 0 spiro atoms. The molecule has 0 unspecified atom stereocenters. The van der Waals surface area contributed by atoms with Crippen LogP contribution in [0.4, 0.5) is 10.5 Å². The standard InChI is InChI=1S/C17H18BrN5O/c1-11(2)15(16-22-21-14-8-3-4-9-23(14)16)20-17(24)19-13-7-5-6-12(18)10-13/h3-11,15H,1-2H3,(H2,19,20,24)/t15-/m0/s1. The minimum absolute atomic E-state index is 0.158. The number of carbonyl (C=O) groups is 1. The van der Waals surface area contributed by atoms with Crippen LogP contribution >= 0.6 is 15.9 Å². The van der Waals surface area contributed by atoms with E-state index in [2.05, 4.69) is 36.8 Å². The third-order valence-corrected chi connectivity index (χ3v) is 4.15. The van der Waals surface area contributed by atoms with Crippen molar-refractivity contribution >= 4 is 33.3 Å². The van der Waals surface area contributed by atoms with Crippen LogP contribution in [0.15, 0.2) is 53.1 Å². The molecule has 7 heteroatoms. The maximum absolute atomic E-state index is 12.4. The Morgan fingerprint density at radius 2 is 2.00 bits per heavy atom. The van der Waals surface area contributed by atoms with Crippen LogP contribution in [0.3, 0.4) is 0 Å². The van der Waals surface area contributed by atoms with E-state index >= 15 is 0 Å². The van der Waals surface area contributed by atoms with Crippen LogP contribution in [0.2, 0.25) is 0 Å². The summed E-state index contributed by atoms with van der Waals surface area (Å²) in [6.07, 6.45) is 1.90. The van der Waals surface area contributed by atoms with Gasteiger partial charge < -0.3 is 10.6 Å². The summed E-state index contributed by atoms with van der Waals surface area (Å²) in [5.41, 5.74) is 1.47. The maximum atomic E-state index is 12.4. The molecule has 0 saturated carbocycles. The van der Waals surface area contributed by atoms with Gasteiger partial charge in [-0.1, -0.05) is 41.9 Å². The number of nitrogens with zero attached hydrogens (tertiary/aromatic N) is 3. The molecule has 6 nitrogen and oxygen atoms in total. The number of pyridine rings is 1. The molecule has 0 aliphatic rings. The first kappa shape index (κ1) is 16.4. The van der Waals surface area contributed by atoms with Gasteiger partial charge in [0, 0.05) is 16.4 Å². The van der Waals surface area contributed by atoms with Crippen molar-refractivity contribution in [2.75, 3.05) is 5.32 Å². The Morgan fingerprint density at radius 3 is 2.75 bits per heavy atom. The topological polar surface area (TPSA) is 71.3 Å². The summed E-state index contributed by atoms with van der Waals surface area (Å²) in [7, 11) is 0. The number of urea groups is 1. The van der Waals surface area contributed by atoms with Gasteiger partial charge in [-0.15, -0.1) is 10.2 Å². The van der Waals surface area contributed by atoms with Crippen LogP contribution in [0, 0.1) is 5.92 Å². The second-order valence-corrected chi connectivity index (χ2v) is 6.73. The molecule has 3 rings (SSSR count). The Morgan fingerprint density at radius 1 is 1.17 bits per heavy atom. The van der Waals surface area contributed by atoms with Crippen LogP contribution in [0.5, 0.6) is 0 Å². The van der Waals surface area contributed by atoms with Gasteiger partial charge in [-0.3, -0.25) is 4.40 Å². The highest BCUT2D eigenvalue weighted by atomic mass is 79.9. The number of hydrogen-bond donors (Lipinski definition) is 2. The third-order valence-electron chi connectivity index (χ3n) is 3.65. The predicted molar refractivity (Wildman–Crippen MR) is 96.9 cm³/mol. The molecule has 2 amide bonds. The minimum Gasteiger partial charge on any atom is -0.328 e. The van der Waals surface area contributed by atoms with E-state index in [1.807, 2.05) is 66.9 Å². The van der Waals surface area contributed by atoms with Crippen molar-refractivity contribution in [1.82, 2.24) is 19.9 Å². The summed E-state index contributed by atoms with van der Waals surface area (Å²) in [5.74, 6) is 0.871. The number of anilines is 1. The zero-order chi connectivity index (χ0) is 17.1. The van der Waals surface area contributed by atoms with Crippen molar-refractivity contribution in [3.05, 3.63) is 59.0 Å². The largest absolute Gasteiger partial charge is 0.328 e. The number of aromatic nitrogens is 3. The van der Waals surface area contributed by atoms with E-state index in [-0.39, 0.29) is 18.0 Å². The van der Waals surface area contributed by atoms with Crippen LogP contribution in [0.1, 0.15) is 25.7 Å². The summed E-state index contributed by atoms with van der Waals surface area (Å²) in [5, 5.41) is 14.2. The summed E-state index contributed by atoms with van der Waals surface area (Å²) in [6.45, 7) is 4.07. The molecule has 0 saturated heterocycles. The summed E-state index contributed by atoms with van der Waals surface area (Å²) < 4.78 is 2.80. The first-order chi connectivity index (χ1) is 11.5. The van der Waals surface area contributed by atoms with E-state index in [1.165, 1.54) is 0 Å². The molecular weight excluding hydrogens is 370 g/mol. The number of rotatable bonds is 4. The number of nitrogens with one attached hydrogen (secondary N) is 2. The average Bonchev–Trinajstić information content (AvgIpc) is 2.96. The lowest BCUT2D eigenvalue weighted by atomic mass is 10.0. The zero-order valence-electron chi connectivity index (χ0n) is 13.4. The number of fused-ring (bicyclic) bond motifs is 1. The van der Waals surface area contributed by atoms with Gasteiger partial charge in [0.25, 0.3) is 0 Å². The van der Waals surface area contributed by atoms with Gasteiger partial charge in [0.2, 0.25) is 0 Å². The first-order valence-electron chi connectivity index (χ1n) is 7.67. The molecule has 2 N–H and O–H groups in total. The quantitative estimate of drug-likeness (QED) is 0.710. The molecule has 124 valence electrons.